The van der Waals surface area contributed by atoms with E-state index in [1.54, 1.807) is 0 Å². The highest BCUT2D eigenvalue weighted by Crippen LogP contribution is 2.42. The highest BCUT2D eigenvalue weighted by atomic mass is 31.1. The van der Waals surface area contributed by atoms with Crippen molar-refractivity contribution in [3.05, 3.63) is 70.4 Å². The van der Waals surface area contributed by atoms with Gasteiger partial charge in [-0.3, -0.25) is 4.98 Å². The monoisotopic (exact) mass is 509 g/mol. The maximum absolute atomic E-state index is 13.6. The van der Waals surface area contributed by atoms with Crippen LogP contribution in [0.15, 0.2) is 53.5 Å². The molecular formula is C32H42F2NP. The lowest BCUT2D eigenvalue weighted by Crippen LogP contribution is -2.24. The van der Waals surface area contributed by atoms with Gasteiger partial charge in [0.15, 0.2) is 0 Å². The number of aromatic nitrogens is 1. The van der Waals surface area contributed by atoms with Gasteiger partial charge in [0, 0.05) is 30.5 Å². The maximum atomic E-state index is 13.6. The topological polar surface area (TPSA) is 12.9 Å². The molecule has 1 nitrogen and oxygen atoms in total. The molecule has 194 valence electrons. The van der Waals surface area contributed by atoms with Crippen molar-refractivity contribution in [3.8, 4) is 0 Å². The first kappa shape index (κ1) is 27.2. The molecule has 2 unspecified atom stereocenters. The molecule has 4 rings (SSSR count). The lowest BCUT2D eigenvalue weighted by Gasteiger charge is -2.29. The Morgan fingerprint density at radius 1 is 1.17 bits per heavy atom. The van der Waals surface area contributed by atoms with Crippen LogP contribution in [-0.2, 0) is 0 Å². The highest BCUT2D eigenvalue weighted by molar-refractivity contribution is 7.51. The van der Waals surface area contributed by atoms with E-state index in [2.05, 4.69) is 70.3 Å². The maximum Gasteiger partial charge on any atom is 0.248 e. The van der Waals surface area contributed by atoms with Crippen molar-refractivity contribution in [3.63, 3.8) is 0 Å². The standard InChI is InChI=1S/C32H42F2NP/c1-5-6-7-9-25-12-14-27(15-13-25)29(11-8-10-26-16-18-32(33,34)19-17-26)31-22(2)20-28(21-35-31)30-23(3)36-24(30)4/h5-6,12,14-15,20-21,25-26,29H,7-11,13,16-19H2,1-4H3/b6-5+. The zero-order valence-electron chi connectivity index (χ0n) is 22.5. The van der Waals surface area contributed by atoms with E-state index in [-0.39, 0.29) is 18.8 Å². The second-order valence-corrected chi connectivity index (χ2v) is 12.6. The van der Waals surface area contributed by atoms with Gasteiger partial charge in [-0.1, -0.05) is 51.4 Å². The van der Waals surface area contributed by atoms with Crippen LogP contribution < -0.4 is 0 Å². The van der Waals surface area contributed by atoms with Gasteiger partial charge in [-0.25, -0.2) is 8.78 Å². The molecule has 0 radical (unpaired) electrons. The summed E-state index contributed by atoms with van der Waals surface area (Å²) in [5.74, 6) is -1.11. The molecule has 0 spiro atoms. The molecule has 2 heterocycles. The lowest BCUT2D eigenvalue weighted by molar-refractivity contribution is -0.0467. The van der Waals surface area contributed by atoms with Crippen molar-refractivity contribution in [1.29, 1.82) is 0 Å². The number of aryl methyl sites for hydroxylation is 1. The van der Waals surface area contributed by atoms with Gasteiger partial charge in [-0.05, 0) is 111 Å². The predicted octanol–water partition coefficient (Wildman–Crippen LogP) is 10.2. The van der Waals surface area contributed by atoms with E-state index in [0.717, 1.165) is 32.1 Å². The third-order valence-electron chi connectivity index (χ3n) is 8.30. The number of halogens is 2. The van der Waals surface area contributed by atoms with Gasteiger partial charge >= 0.3 is 0 Å². The van der Waals surface area contributed by atoms with Crippen molar-refractivity contribution < 1.29 is 8.78 Å². The number of allylic oxidation sites excluding steroid dienone is 8. The van der Waals surface area contributed by atoms with Crippen molar-refractivity contribution >= 4 is 19.1 Å². The van der Waals surface area contributed by atoms with Gasteiger partial charge in [0.05, 0.1) is 5.69 Å². The van der Waals surface area contributed by atoms with E-state index in [9.17, 15) is 8.78 Å². The second-order valence-electron chi connectivity index (χ2n) is 11.1. The largest absolute Gasteiger partial charge is 0.260 e. The van der Waals surface area contributed by atoms with Crippen LogP contribution in [0.3, 0.4) is 0 Å². The Bertz CT molecular complexity index is 1080. The third-order valence-corrected chi connectivity index (χ3v) is 9.42. The molecule has 2 aliphatic carbocycles. The van der Waals surface area contributed by atoms with E-state index in [0.29, 0.717) is 24.7 Å². The van der Waals surface area contributed by atoms with Gasteiger partial charge in [-0.2, -0.15) is 0 Å². The van der Waals surface area contributed by atoms with Crippen LogP contribution >= 0.6 is 8.20 Å². The molecule has 3 aliphatic rings. The summed E-state index contributed by atoms with van der Waals surface area (Å²) in [5, 5.41) is 2.86. The number of pyridine rings is 1. The molecule has 1 fully saturated rings. The van der Waals surface area contributed by atoms with Gasteiger partial charge in [-0.15, -0.1) is 0 Å². The zero-order chi connectivity index (χ0) is 25.7. The minimum atomic E-state index is -2.44. The van der Waals surface area contributed by atoms with Crippen LogP contribution in [0.4, 0.5) is 8.78 Å². The molecule has 0 N–H and O–H groups in total. The molecular weight excluding hydrogens is 467 g/mol. The van der Waals surface area contributed by atoms with Gasteiger partial charge < -0.3 is 0 Å². The first-order valence-electron chi connectivity index (χ1n) is 13.9. The SMILES string of the molecule is C/C=C/CCC1C=CC(C(CCCC2CCC(F)(F)CC2)c2ncc(C3=C(C)P=C3C)cc2C)=CC1. The number of hydrogen-bond donors (Lipinski definition) is 0. The van der Waals surface area contributed by atoms with Gasteiger partial charge in [0.25, 0.3) is 0 Å². The molecule has 1 saturated carbocycles. The van der Waals surface area contributed by atoms with E-state index in [1.807, 2.05) is 0 Å². The van der Waals surface area contributed by atoms with Crippen LogP contribution in [0.5, 0.6) is 0 Å². The van der Waals surface area contributed by atoms with Gasteiger partial charge in [0.1, 0.15) is 0 Å². The highest BCUT2D eigenvalue weighted by Gasteiger charge is 2.34. The first-order valence-corrected chi connectivity index (χ1v) is 14.8. The van der Waals surface area contributed by atoms with Crippen LogP contribution in [0.2, 0.25) is 0 Å². The summed E-state index contributed by atoms with van der Waals surface area (Å²) in [6, 6.07) is 2.32. The number of alkyl halides is 2. The quantitative estimate of drug-likeness (QED) is 0.226. The molecule has 1 aromatic heterocycles. The predicted molar refractivity (Wildman–Crippen MR) is 152 cm³/mol. The summed E-state index contributed by atoms with van der Waals surface area (Å²) in [4.78, 5) is 5.06. The van der Waals surface area contributed by atoms with Crippen LogP contribution in [0.25, 0.3) is 5.57 Å². The molecule has 36 heavy (non-hydrogen) atoms. The summed E-state index contributed by atoms with van der Waals surface area (Å²) in [5.41, 5.74) is 6.45. The van der Waals surface area contributed by atoms with Crippen LogP contribution in [0, 0.1) is 18.8 Å². The number of rotatable bonds is 10. The molecule has 0 aromatic carbocycles. The fraction of sp³-hybridized carbons (Fsp3) is 0.562. The minimum Gasteiger partial charge on any atom is -0.260 e. The van der Waals surface area contributed by atoms with Crippen molar-refractivity contribution in [1.82, 2.24) is 4.98 Å². The minimum absolute atomic E-state index is 0.0663. The van der Waals surface area contributed by atoms with Crippen molar-refractivity contribution in [2.24, 2.45) is 11.8 Å². The summed E-state index contributed by atoms with van der Waals surface area (Å²) in [7, 11) is 1.36. The van der Waals surface area contributed by atoms with Crippen molar-refractivity contribution in [2.45, 2.75) is 104 Å². The summed E-state index contributed by atoms with van der Waals surface area (Å²) >= 11 is 0. The summed E-state index contributed by atoms with van der Waals surface area (Å²) < 4.78 is 27.2. The Kier molecular flexibility index (Phi) is 9.15. The average Bonchev–Trinajstić information content (AvgIpc) is 2.84. The van der Waals surface area contributed by atoms with Crippen LogP contribution in [-0.4, -0.2) is 16.2 Å². The summed E-state index contributed by atoms with van der Waals surface area (Å²) in [6.07, 6.45) is 21.7. The Hall–Kier alpha value is -1.86. The van der Waals surface area contributed by atoms with E-state index >= 15 is 0 Å². The normalized spacial score (nSPS) is 23.4. The average molecular weight is 510 g/mol. The Labute approximate surface area is 218 Å². The fourth-order valence-electron chi connectivity index (χ4n) is 6.17. The summed E-state index contributed by atoms with van der Waals surface area (Å²) in [6.45, 7) is 8.71. The molecule has 0 bridgehead atoms. The zero-order valence-corrected chi connectivity index (χ0v) is 23.4. The van der Waals surface area contributed by atoms with Crippen molar-refractivity contribution in [2.75, 3.05) is 0 Å². The third kappa shape index (κ3) is 6.71. The smallest absolute Gasteiger partial charge is 0.248 e. The molecule has 2 atom stereocenters. The molecule has 1 aromatic rings. The lowest BCUT2D eigenvalue weighted by atomic mass is 9.79. The second kappa shape index (κ2) is 12.1. The Balaban J connectivity index is 1.47. The van der Waals surface area contributed by atoms with E-state index < -0.39 is 5.92 Å². The Morgan fingerprint density at radius 3 is 2.56 bits per heavy atom. The molecule has 4 heteroatoms. The molecule has 1 aliphatic heterocycles. The molecule has 0 amide bonds. The van der Waals surface area contributed by atoms with E-state index in [4.69, 9.17) is 4.98 Å². The van der Waals surface area contributed by atoms with E-state index in [1.165, 1.54) is 53.2 Å². The first-order chi connectivity index (χ1) is 17.3. The number of hydrogen-bond acceptors (Lipinski definition) is 1. The van der Waals surface area contributed by atoms with Crippen LogP contribution in [0.1, 0.15) is 108 Å². The Morgan fingerprint density at radius 2 is 1.94 bits per heavy atom. The number of nitrogens with zero attached hydrogens (tertiary/aromatic N) is 1. The fourth-order valence-corrected chi connectivity index (χ4v) is 7.32. The van der Waals surface area contributed by atoms with Gasteiger partial charge in [0.2, 0.25) is 5.92 Å². The molecule has 0 saturated heterocycles.